The fraction of sp³-hybridized carbons (Fsp3) is 0.300. The number of nitrogens with one attached hydrogen (secondary N) is 1. The van der Waals surface area contributed by atoms with E-state index in [1.165, 1.54) is 6.07 Å². The molecular formula is C10H11IN2O4. The van der Waals surface area contributed by atoms with Crippen LogP contribution in [-0.2, 0) is 4.79 Å². The van der Waals surface area contributed by atoms with Gasteiger partial charge in [-0.2, -0.15) is 0 Å². The molecule has 0 radical (unpaired) electrons. The number of rotatable bonds is 6. The lowest BCUT2D eigenvalue weighted by molar-refractivity contribution is -0.384. The normalized spacial score (nSPS) is 9.94. The highest BCUT2D eigenvalue weighted by Crippen LogP contribution is 2.26. The Balaban J connectivity index is 2.64. The van der Waals surface area contributed by atoms with Gasteiger partial charge in [0.2, 0.25) is 0 Å². The maximum atomic E-state index is 10.8. The average molecular weight is 350 g/mol. The Morgan fingerprint density at radius 3 is 2.82 bits per heavy atom. The Kier molecular flexibility index (Phi) is 5.13. The van der Waals surface area contributed by atoms with E-state index in [-0.39, 0.29) is 12.1 Å². The maximum Gasteiger partial charge on any atom is 0.303 e. The summed E-state index contributed by atoms with van der Waals surface area (Å²) in [5.41, 5.74) is 0.424. The minimum absolute atomic E-state index is 0.00669. The quantitative estimate of drug-likeness (QED) is 0.356. The van der Waals surface area contributed by atoms with Gasteiger partial charge in [0.15, 0.2) is 0 Å². The molecule has 2 N–H and O–H groups in total. The molecule has 1 aromatic rings. The highest BCUT2D eigenvalue weighted by molar-refractivity contribution is 14.1. The Bertz CT molecular complexity index is 436. The summed E-state index contributed by atoms with van der Waals surface area (Å²) in [4.78, 5) is 20.6. The van der Waals surface area contributed by atoms with E-state index in [0.717, 1.165) is 3.57 Å². The summed E-state index contributed by atoms with van der Waals surface area (Å²) >= 11 is 2.00. The van der Waals surface area contributed by atoms with E-state index in [9.17, 15) is 14.9 Å². The van der Waals surface area contributed by atoms with Crippen LogP contribution in [0.4, 0.5) is 11.4 Å². The summed E-state index contributed by atoms with van der Waals surface area (Å²) in [6.45, 7) is 0.397. The van der Waals surface area contributed by atoms with Gasteiger partial charge in [0.05, 0.1) is 4.92 Å². The Hall–Kier alpha value is -1.38. The van der Waals surface area contributed by atoms with Crippen LogP contribution in [0.15, 0.2) is 18.2 Å². The fourth-order valence-corrected chi connectivity index (χ4v) is 1.74. The largest absolute Gasteiger partial charge is 0.481 e. The van der Waals surface area contributed by atoms with Crippen LogP contribution in [0.3, 0.4) is 0 Å². The van der Waals surface area contributed by atoms with Crippen LogP contribution in [0.25, 0.3) is 0 Å². The van der Waals surface area contributed by atoms with Crippen LogP contribution < -0.4 is 5.32 Å². The molecule has 1 aromatic carbocycles. The van der Waals surface area contributed by atoms with Crippen LogP contribution in [0.2, 0.25) is 0 Å². The molecule has 0 aliphatic rings. The van der Waals surface area contributed by atoms with Crippen molar-refractivity contribution in [3.63, 3.8) is 0 Å². The molecule has 92 valence electrons. The van der Waals surface area contributed by atoms with Crippen LogP contribution >= 0.6 is 22.6 Å². The van der Waals surface area contributed by atoms with Crippen LogP contribution in [0.5, 0.6) is 0 Å². The van der Waals surface area contributed by atoms with Gasteiger partial charge in [-0.05, 0) is 41.1 Å². The average Bonchev–Trinajstić information content (AvgIpc) is 2.25. The zero-order chi connectivity index (χ0) is 12.8. The summed E-state index contributed by atoms with van der Waals surface area (Å²) in [6.07, 6.45) is 0.476. The van der Waals surface area contributed by atoms with Gasteiger partial charge >= 0.3 is 5.97 Å². The highest BCUT2D eigenvalue weighted by atomic mass is 127. The lowest BCUT2D eigenvalue weighted by Gasteiger charge is -2.06. The van der Waals surface area contributed by atoms with E-state index in [4.69, 9.17) is 5.11 Å². The molecule has 0 saturated carbocycles. The molecule has 0 fully saturated rings. The molecule has 0 aromatic heterocycles. The topological polar surface area (TPSA) is 92.5 Å². The van der Waals surface area contributed by atoms with Crippen LogP contribution in [0, 0.1) is 13.7 Å². The molecule has 0 amide bonds. The van der Waals surface area contributed by atoms with Crippen molar-refractivity contribution in [1.82, 2.24) is 0 Å². The minimum Gasteiger partial charge on any atom is -0.481 e. The first-order valence-electron chi connectivity index (χ1n) is 4.90. The number of carbonyl (C=O) groups is 1. The molecule has 0 unspecified atom stereocenters. The number of hydrogen-bond acceptors (Lipinski definition) is 4. The minimum atomic E-state index is -0.871. The van der Waals surface area contributed by atoms with Gasteiger partial charge in [0.1, 0.15) is 5.69 Å². The van der Waals surface area contributed by atoms with Crippen molar-refractivity contribution in [1.29, 1.82) is 0 Å². The summed E-state index contributed by atoms with van der Waals surface area (Å²) in [6, 6.07) is 4.86. The molecule has 0 bridgehead atoms. The molecule has 6 nitrogen and oxygen atoms in total. The number of aliphatic carboxylic acids is 1. The first-order chi connectivity index (χ1) is 8.00. The SMILES string of the molecule is O=C(O)CCCNc1ccc(I)cc1[N+](=O)[O-]. The van der Waals surface area contributed by atoms with E-state index in [2.05, 4.69) is 5.32 Å². The first-order valence-corrected chi connectivity index (χ1v) is 5.98. The van der Waals surface area contributed by atoms with Crippen molar-refractivity contribution in [2.24, 2.45) is 0 Å². The number of halogens is 1. The molecule has 0 heterocycles. The van der Waals surface area contributed by atoms with Gasteiger partial charge in [-0.25, -0.2) is 0 Å². The summed E-state index contributed by atoms with van der Waals surface area (Å²) in [5, 5.41) is 22.1. The summed E-state index contributed by atoms with van der Waals surface area (Å²) < 4.78 is 0.783. The predicted molar refractivity (Wildman–Crippen MR) is 71.2 cm³/mol. The molecule has 7 heteroatoms. The first kappa shape index (κ1) is 13.7. The summed E-state index contributed by atoms with van der Waals surface area (Å²) in [5.74, 6) is -0.871. The molecular weight excluding hydrogens is 339 g/mol. The van der Waals surface area contributed by atoms with Gasteiger partial charge in [-0.3, -0.25) is 14.9 Å². The third-order valence-corrected chi connectivity index (χ3v) is 2.71. The second-order valence-corrected chi connectivity index (χ2v) is 4.59. The van der Waals surface area contributed by atoms with Crippen molar-refractivity contribution in [2.45, 2.75) is 12.8 Å². The molecule has 0 saturated heterocycles. The van der Waals surface area contributed by atoms with E-state index in [1.54, 1.807) is 12.1 Å². The molecule has 0 atom stereocenters. The van der Waals surface area contributed by atoms with Crippen molar-refractivity contribution >= 4 is 39.9 Å². The van der Waals surface area contributed by atoms with E-state index in [0.29, 0.717) is 18.7 Å². The number of anilines is 1. The number of nitro benzene ring substituents is 1. The van der Waals surface area contributed by atoms with Gasteiger partial charge < -0.3 is 10.4 Å². The zero-order valence-corrected chi connectivity index (χ0v) is 11.0. The number of benzene rings is 1. The number of nitro groups is 1. The van der Waals surface area contributed by atoms with E-state index < -0.39 is 10.9 Å². The van der Waals surface area contributed by atoms with Crippen LogP contribution in [0.1, 0.15) is 12.8 Å². The van der Waals surface area contributed by atoms with Gasteiger partial charge in [-0.1, -0.05) is 0 Å². The fourth-order valence-electron chi connectivity index (χ4n) is 1.27. The smallest absolute Gasteiger partial charge is 0.303 e. The predicted octanol–water partition coefficient (Wildman–Crippen LogP) is 2.48. The second kappa shape index (κ2) is 6.38. The molecule has 1 rings (SSSR count). The van der Waals surface area contributed by atoms with Crippen molar-refractivity contribution < 1.29 is 14.8 Å². The van der Waals surface area contributed by atoms with Gasteiger partial charge in [0, 0.05) is 22.6 Å². The third-order valence-electron chi connectivity index (χ3n) is 2.04. The Morgan fingerprint density at radius 2 is 2.24 bits per heavy atom. The number of carboxylic acids is 1. The van der Waals surface area contributed by atoms with Crippen molar-refractivity contribution in [3.8, 4) is 0 Å². The Labute approximate surface area is 111 Å². The highest BCUT2D eigenvalue weighted by Gasteiger charge is 2.13. The monoisotopic (exact) mass is 350 g/mol. The maximum absolute atomic E-state index is 10.8. The third kappa shape index (κ3) is 4.55. The number of carboxylic acid groups (broad SMARTS) is 1. The molecule has 0 aliphatic carbocycles. The summed E-state index contributed by atoms with van der Waals surface area (Å²) in [7, 11) is 0. The van der Waals surface area contributed by atoms with E-state index in [1.807, 2.05) is 22.6 Å². The van der Waals surface area contributed by atoms with E-state index >= 15 is 0 Å². The zero-order valence-electron chi connectivity index (χ0n) is 8.85. The Morgan fingerprint density at radius 1 is 1.53 bits per heavy atom. The van der Waals surface area contributed by atoms with Gasteiger partial charge in [0.25, 0.3) is 5.69 Å². The standard InChI is InChI=1S/C10H11IN2O4/c11-7-3-4-8(9(6-7)13(16)17)12-5-1-2-10(14)15/h3-4,6,12H,1-2,5H2,(H,14,15). The lowest BCUT2D eigenvalue weighted by atomic mass is 10.2. The molecule has 17 heavy (non-hydrogen) atoms. The number of hydrogen-bond donors (Lipinski definition) is 2. The number of nitrogens with zero attached hydrogens (tertiary/aromatic N) is 1. The van der Waals surface area contributed by atoms with Crippen LogP contribution in [-0.4, -0.2) is 22.5 Å². The second-order valence-electron chi connectivity index (χ2n) is 3.34. The molecule has 0 spiro atoms. The lowest BCUT2D eigenvalue weighted by Crippen LogP contribution is -2.06. The van der Waals surface area contributed by atoms with Crippen molar-refractivity contribution in [2.75, 3.05) is 11.9 Å². The van der Waals surface area contributed by atoms with Crippen molar-refractivity contribution in [3.05, 3.63) is 31.9 Å². The molecule has 0 aliphatic heterocycles. The van der Waals surface area contributed by atoms with Gasteiger partial charge in [-0.15, -0.1) is 0 Å².